The highest BCUT2D eigenvalue weighted by Crippen LogP contribution is 2.25. The molecule has 1 saturated carbocycles. The van der Waals surface area contributed by atoms with Crippen LogP contribution in [0.25, 0.3) is 0 Å². The van der Waals surface area contributed by atoms with Crippen LogP contribution in [0.15, 0.2) is 0 Å². The van der Waals surface area contributed by atoms with Gasteiger partial charge in [-0.15, -0.1) is 0 Å². The molecule has 0 radical (unpaired) electrons. The molecular weight excluding hydrogens is 230 g/mol. The minimum atomic E-state index is -0.750. The normalized spacial score (nSPS) is 19.2. The lowest BCUT2D eigenvalue weighted by atomic mass is 9.92. The molecule has 0 aromatic carbocycles. The number of hydrogen-bond donors (Lipinski definition) is 1. The van der Waals surface area contributed by atoms with Crippen LogP contribution < -0.4 is 5.73 Å². The monoisotopic (exact) mass is 257 g/mol. The number of hydrogen-bond acceptors (Lipinski definition) is 4. The number of carbonyl (C=O) groups excluding carboxylic acids is 1. The zero-order chi connectivity index (χ0) is 13.3. The molecule has 0 aromatic rings. The third-order valence-electron chi connectivity index (χ3n) is 3.51. The molecule has 1 rings (SSSR count). The van der Waals surface area contributed by atoms with Gasteiger partial charge in [0.05, 0.1) is 6.61 Å². The Labute approximate surface area is 110 Å². The van der Waals surface area contributed by atoms with Crippen molar-refractivity contribution in [3.8, 4) is 0 Å². The van der Waals surface area contributed by atoms with Crippen molar-refractivity contribution in [1.82, 2.24) is 0 Å². The second kappa shape index (κ2) is 8.48. The van der Waals surface area contributed by atoms with Gasteiger partial charge in [0.1, 0.15) is 12.1 Å². The Bertz CT molecular complexity index is 235. The smallest absolute Gasteiger partial charge is 0.326 e. The molecule has 4 heteroatoms. The van der Waals surface area contributed by atoms with Crippen LogP contribution in [0.4, 0.5) is 0 Å². The highest BCUT2D eigenvalue weighted by Gasteiger charge is 2.35. The minimum Gasteiger partial charge on any atom is -0.462 e. The highest BCUT2D eigenvalue weighted by molar-refractivity contribution is 5.80. The fourth-order valence-electron chi connectivity index (χ4n) is 2.25. The molecular formula is C14H27NO3. The van der Waals surface area contributed by atoms with E-state index in [9.17, 15) is 4.79 Å². The van der Waals surface area contributed by atoms with Crippen molar-refractivity contribution < 1.29 is 14.3 Å². The quantitative estimate of drug-likeness (QED) is 0.432. The van der Waals surface area contributed by atoms with Crippen LogP contribution in [0, 0.1) is 0 Å². The van der Waals surface area contributed by atoms with Crippen molar-refractivity contribution in [1.29, 1.82) is 0 Å². The molecule has 0 bridgehead atoms. The molecule has 0 saturated heterocycles. The Hall–Kier alpha value is -0.610. The molecule has 0 heterocycles. The van der Waals surface area contributed by atoms with Gasteiger partial charge in [-0.2, -0.15) is 0 Å². The van der Waals surface area contributed by atoms with Crippen molar-refractivity contribution in [3.05, 3.63) is 0 Å². The van der Waals surface area contributed by atoms with E-state index in [1.54, 1.807) is 0 Å². The zero-order valence-electron chi connectivity index (χ0n) is 11.6. The number of esters is 1. The first kappa shape index (κ1) is 15.4. The Morgan fingerprint density at radius 3 is 2.39 bits per heavy atom. The summed E-state index contributed by atoms with van der Waals surface area (Å²) in [5.41, 5.74) is 5.40. The van der Waals surface area contributed by atoms with Crippen LogP contribution in [0.2, 0.25) is 0 Å². The molecule has 0 aromatic heterocycles. The summed E-state index contributed by atoms with van der Waals surface area (Å²) >= 11 is 0. The summed E-state index contributed by atoms with van der Waals surface area (Å²) in [5, 5.41) is 0. The minimum absolute atomic E-state index is 0.247. The van der Waals surface area contributed by atoms with E-state index in [0.717, 1.165) is 45.1 Å². The molecule has 0 amide bonds. The molecule has 1 aliphatic carbocycles. The summed E-state index contributed by atoms with van der Waals surface area (Å²) in [7, 11) is 0. The van der Waals surface area contributed by atoms with Gasteiger partial charge in [-0.1, -0.05) is 39.0 Å². The van der Waals surface area contributed by atoms with Crippen LogP contribution in [0.3, 0.4) is 0 Å². The number of carbonyl (C=O) groups is 1. The van der Waals surface area contributed by atoms with Crippen LogP contribution in [0.5, 0.6) is 0 Å². The summed E-state index contributed by atoms with van der Waals surface area (Å²) in [5.74, 6) is -0.247. The van der Waals surface area contributed by atoms with E-state index in [0.29, 0.717) is 13.2 Å². The van der Waals surface area contributed by atoms with Gasteiger partial charge < -0.3 is 15.2 Å². The fraction of sp³-hybridized carbons (Fsp3) is 0.929. The number of unbranched alkanes of at least 4 members (excludes halogenated alkanes) is 1. The molecule has 0 aliphatic heterocycles. The Balaban J connectivity index is 2.18. The van der Waals surface area contributed by atoms with Gasteiger partial charge in [0.25, 0.3) is 0 Å². The summed E-state index contributed by atoms with van der Waals surface area (Å²) in [6.07, 6.45) is 8.07. The first-order valence-corrected chi connectivity index (χ1v) is 7.23. The fourth-order valence-corrected chi connectivity index (χ4v) is 2.25. The molecule has 0 atom stereocenters. The summed E-state index contributed by atoms with van der Waals surface area (Å²) < 4.78 is 10.6. The van der Waals surface area contributed by atoms with Gasteiger partial charge in [-0.3, -0.25) is 4.79 Å². The van der Waals surface area contributed by atoms with Crippen molar-refractivity contribution >= 4 is 5.97 Å². The highest BCUT2D eigenvalue weighted by atomic mass is 16.6. The van der Waals surface area contributed by atoms with Gasteiger partial charge in [0.15, 0.2) is 0 Å². The predicted octanol–water partition coefficient (Wildman–Crippen LogP) is 2.40. The second-order valence-electron chi connectivity index (χ2n) is 5.17. The number of ether oxygens (including phenoxy) is 2. The lowest BCUT2D eigenvalue weighted by Gasteiger charge is -2.25. The Morgan fingerprint density at radius 2 is 1.78 bits per heavy atom. The third kappa shape index (κ3) is 5.36. The molecule has 1 aliphatic rings. The summed E-state index contributed by atoms with van der Waals surface area (Å²) in [6.45, 7) is 3.65. The topological polar surface area (TPSA) is 61.5 Å². The molecule has 0 unspecified atom stereocenters. The average Bonchev–Trinajstić information content (AvgIpc) is 2.59. The Morgan fingerprint density at radius 1 is 1.11 bits per heavy atom. The maximum absolute atomic E-state index is 12.0. The lowest BCUT2D eigenvalue weighted by molar-refractivity contribution is -0.152. The van der Waals surface area contributed by atoms with Crippen molar-refractivity contribution in [2.45, 2.75) is 63.8 Å². The second-order valence-corrected chi connectivity index (χ2v) is 5.17. The van der Waals surface area contributed by atoms with Crippen LogP contribution in [-0.4, -0.2) is 31.3 Å². The molecule has 0 spiro atoms. The van der Waals surface area contributed by atoms with Crippen LogP contribution in [0.1, 0.15) is 58.3 Å². The first-order chi connectivity index (χ1) is 8.69. The molecule has 1 fully saturated rings. The standard InChI is InChI=1S/C14H27NO3/c1-2-3-10-17-11-12-18-13(16)14(15)8-6-4-5-7-9-14/h2-12,15H2,1H3. The third-order valence-corrected chi connectivity index (χ3v) is 3.51. The van der Waals surface area contributed by atoms with E-state index >= 15 is 0 Å². The van der Waals surface area contributed by atoms with Gasteiger partial charge in [0.2, 0.25) is 0 Å². The number of nitrogens with two attached hydrogens (primary N) is 1. The SMILES string of the molecule is CCCCOCCOC(=O)C1(N)CCCCCC1. The van der Waals surface area contributed by atoms with Crippen molar-refractivity contribution in [2.24, 2.45) is 5.73 Å². The van der Waals surface area contributed by atoms with Crippen LogP contribution in [-0.2, 0) is 14.3 Å². The predicted molar refractivity (Wildman–Crippen MR) is 71.3 cm³/mol. The average molecular weight is 257 g/mol. The van der Waals surface area contributed by atoms with Gasteiger partial charge in [-0.05, 0) is 19.3 Å². The van der Waals surface area contributed by atoms with Gasteiger partial charge in [-0.25, -0.2) is 0 Å². The summed E-state index contributed by atoms with van der Waals surface area (Å²) in [4.78, 5) is 12.0. The van der Waals surface area contributed by atoms with E-state index < -0.39 is 5.54 Å². The molecule has 106 valence electrons. The molecule has 4 nitrogen and oxygen atoms in total. The zero-order valence-corrected chi connectivity index (χ0v) is 11.6. The first-order valence-electron chi connectivity index (χ1n) is 7.23. The van der Waals surface area contributed by atoms with Gasteiger partial charge in [0, 0.05) is 6.61 Å². The maximum Gasteiger partial charge on any atom is 0.326 e. The summed E-state index contributed by atoms with van der Waals surface area (Å²) in [6, 6.07) is 0. The van der Waals surface area contributed by atoms with Crippen molar-refractivity contribution in [3.63, 3.8) is 0 Å². The molecule has 18 heavy (non-hydrogen) atoms. The lowest BCUT2D eigenvalue weighted by Crippen LogP contribution is -2.48. The van der Waals surface area contributed by atoms with Crippen LogP contribution >= 0.6 is 0 Å². The molecule has 2 N–H and O–H groups in total. The van der Waals surface area contributed by atoms with Crippen molar-refractivity contribution in [2.75, 3.05) is 19.8 Å². The van der Waals surface area contributed by atoms with E-state index in [-0.39, 0.29) is 5.97 Å². The van der Waals surface area contributed by atoms with Gasteiger partial charge >= 0.3 is 5.97 Å². The maximum atomic E-state index is 12.0. The van der Waals surface area contributed by atoms with E-state index in [4.69, 9.17) is 15.2 Å². The van der Waals surface area contributed by atoms with E-state index in [1.165, 1.54) is 12.8 Å². The Kier molecular flexibility index (Phi) is 7.28. The largest absolute Gasteiger partial charge is 0.462 e. The van der Waals surface area contributed by atoms with E-state index in [2.05, 4.69) is 6.92 Å². The van der Waals surface area contributed by atoms with E-state index in [1.807, 2.05) is 0 Å². The number of rotatable bonds is 7.